The van der Waals surface area contributed by atoms with Gasteiger partial charge in [0.25, 0.3) is 0 Å². The predicted molar refractivity (Wildman–Crippen MR) is 122 cm³/mol. The number of benzene rings is 1. The van der Waals surface area contributed by atoms with Crippen LogP contribution in [-0.2, 0) is 16.0 Å². The summed E-state index contributed by atoms with van der Waals surface area (Å²) in [6, 6.07) is 11.6. The van der Waals surface area contributed by atoms with Gasteiger partial charge >= 0.3 is 6.18 Å². The molecule has 1 aliphatic heterocycles. The first-order valence-electron chi connectivity index (χ1n) is 11.5. The molecule has 1 saturated carbocycles. The molecule has 0 spiro atoms. The van der Waals surface area contributed by atoms with Crippen molar-refractivity contribution in [1.29, 1.82) is 0 Å². The molecule has 3 aromatic rings. The van der Waals surface area contributed by atoms with Gasteiger partial charge in [-0.3, -0.25) is 14.5 Å². The first kappa shape index (κ1) is 22.4. The standard InChI is InChI=1S/C25H25F3N4O2/c26-25(27,28)18-8-11-31(12-9-18)23(34)13-16-1-3-17(4-2-16)21-14-22(32(15-33)19-5-6-19)30-24-20(21)7-10-29-24/h1-4,7,10,14-15,18-19H,5-6,8-9,11-13H2,(H,29,30). The van der Waals surface area contributed by atoms with Crippen LogP contribution in [-0.4, -0.2) is 52.5 Å². The SMILES string of the molecule is O=CN(c1cc(-c2ccc(CC(=O)N3CCC(C(F)(F)F)CC3)cc2)c2cc[nH]c2n1)C1CC1. The summed E-state index contributed by atoms with van der Waals surface area (Å²) in [6.45, 7) is 0.279. The van der Waals surface area contributed by atoms with E-state index in [1.54, 1.807) is 4.90 Å². The van der Waals surface area contributed by atoms with Crippen LogP contribution in [0.5, 0.6) is 0 Å². The van der Waals surface area contributed by atoms with Crippen LogP contribution in [0.15, 0.2) is 42.6 Å². The van der Waals surface area contributed by atoms with Gasteiger partial charge in [-0.1, -0.05) is 24.3 Å². The van der Waals surface area contributed by atoms with E-state index in [9.17, 15) is 22.8 Å². The summed E-state index contributed by atoms with van der Waals surface area (Å²) < 4.78 is 38.6. The molecule has 0 unspecified atom stereocenters. The van der Waals surface area contributed by atoms with E-state index < -0.39 is 12.1 Å². The van der Waals surface area contributed by atoms with E-state index in [-0.39, 0.29) is 44.3 Å². The Morgan fingerprint density at radius 2 is 1.82 bits per heavy atom. The fourth-order valence-corrected chi connectivity index (χ4v) is 4.62. The second-order valence-corrected chi connectivity index (χ2v) is 9.08. The molecule has 9 heteroatoms. The van der Waals surface area contributed by atoms with Gasteiger partial charge in [0.15, 0.2) is 0 Å². The van der Waals surface area contributed by atoms with Gasteiger partial charge in [0, 0.05) is 30.7 Å². The maximum Gasteiger partial charge on any atom is 0.391 e. The van der Waals surface area contributed by atoms with Crippen molar-refractivity contribution in [3.63, 3.8) is 0 Å². The number of carbonyl (C=O) groups is 2. The molecule has 178 valence electrons. The molecule has 1 aliphatic carbocycles. The molecule has 0 atom stereocenters. The molecule has 1 saturated heterocycles. The summed E-state index contributed by atoms with van der Waals surface area (Å²) in [5, 5.41) is 0.932. The molecule has 3 heterocycles. The van der Waals surface area contributed by atoms with Crippen molar-refractivity contribution in [3.8, 4) is 11.1 Å². The largest absolute Gasteiger partial charge is 0.391 e. The van der Waals surface area contributed by atoms with Crippen LogP contribution in [0.25, 0.3) is 22.2 Å². The summed E-state index contributed by atoms with van der Waals surface area (Å²) in [6.07, 6.45) is 0.452. The van der Waals surface area contributed by atoms with Crippen LogP contribution in [0.2, 0.25) is 0 Å². The lowest BCUT2D eigenvalue weighted by Crippen LogP contribution is -2.42. The number of hydrogen-bond acceptors (Lipinski definition) is 3. The molecule has 2 fully saturated rings. The van der Waals surface area contributed by atoms with Gasteiger partial charge in [0.2, 0.25) is 12.3 Å². The molecule has 2 amide bonds. The Balaban J connectivity index is 1.31. The van der Waals surface area contributed by atoms with Gasteiger partial charge in [0.05, 0.1) is 12.3 Å². The maximum atomic E-state index is 12.9. The summed E-state index contributed by atoms with van der Waals surface area (Å²) in [5.41, 5.74) is 3.36. The fraction of sp³-hybridized carbons (Fsp3) is 0.400. The van der Waals surface area contributed by atoms with Crippen LogP contribution in [0.1, 0.15) is 31.2 Å². The molecule has 1 aromatic carbocycles. The van der Waals surface area contributed by atoms with E-state index in [4.69, 9.17) is 0 Å². The van der Waals surface area contributed by atoms with Crippen LogP contribution >= 0.6 is 0 Å². The lowest BCUT2D eigenvalue weighted by molar-refractivity contribution is -0.186. The number of rotatable bonds is 6. The van der Waals surface area contributed by atoms with Crippen LogP contribution in [0, 0.1) is 5.92 Å². The number of pyridine rings is 1. The number of fused-ring (bicyclic) bond motifs is 1. The number of nitrogens with zero attached hydrogens (tertiary/aromatic N) is 3. The summed E-state index contributed by atoms with van der Waals surface area (Å²) in [5.74, 6) is -0.871. The molecule has 0 radical (unpaired) electrons. The molecular weight excluding hydrogens is 445 g/mol. The number of halogens is 3. The van der Waals surface area contributed by atoms with Crippen LogP contribution in [0.3, 0.4) is 0 Å². The van der Waals surface area contributed by atoms with Crippen molar-refractivity contribution in [3.05, 3.63) is 48.2 Å². The van der Waals surface area contributed by atoms with E-state index in [1.807, 2.05) is 42.6 Å². The molecule has 34 heavy (non-hydrogen) atoms. The van der Waals surface area contributed by atoms with Crippen molar-refractivity contribution in [2.45, 2.75) is 44.3 Å². The molecule has 2 aliphatic rings. The number of likely N-dealkylation sites (tertiary alicyclic amines) is 1. The monoisotopic (exact) mass is 470 g/mol. The number of aromatic amines is 1. The summed E-state index contributed by atoms with van der Waals surface area (Å²) in [7, 11) is 0. The van der Waals surface area contributed by atoms with E-state index in [2.05, 4.69) is 9.97 Å². The van der Waals surface area contributed by atoms with Crippen molar-refractivity contribution in [2.24, 2.45) is 5.92 Å². The number of nitrogens with one attached hydrogen (secondary N) is 1. The minimum atomic E-state index is -4.19. The van der Waals surface area contributed by atoms with Crippen molar-refractivity contribution in [1.82, 2.24) is 14.9 Å². The van der Waals surface area contributed by atoms with E-state index in [0.29, 0.717) is 11.5 Å². The lowest BCUT2D eigenvalue weighted by atomic mass is 9.95. The molecule has 0 bridgehead atoms. The van der Waals surface area contributed by atoms with Crippen molar-refractivity contribution >= 4 is 29.2 Å². The van der Waals surface area contributed by atoms with Gasteiger partial charge in [-0.15, -0.1) is 0 Å². The average molecular weight is 470 g/mol. The first-order valence-corrected chi connectivity index (χ1v) is 11.5. The summed E-state index contributed by atoms with van der Waals surface area (Å²) >= 11 is 0. The summed E-state index contributed by atoms with van der Waals surface area (Å²) in [4.78, 5) is 35.2. The van der Waals surface area contributed by atoms with Crippen LogP contribution < -0.4 is 4.90 Å². The zero-order chi connectivity index (χ0) is 23.9. The zero-order valence-electron chi connectivity index (χ0n) is 18.5. The Morgan fingerprint density at radius 1 is 1.12 bits per heavy atom. The quantitative estimate of drug-likeness (QED) is 0.531. The van der Waals surface area contributed by atoms with Gasteiger partial charge in [-0.25, -0.2) is 4.98 Å². The normalized spacial score (nSPS) is 17.2. The highest BCUT2D eigenvalue weighted by Gasteiger charge is 2.41. The van der Waals surface area contributed by atoms with Gasteiger partial charge < -0.3 is 9.88 Å². The number of alkyl halides is 3. The molecular formula is C25H25F3N4O2. The van der Waals surface area contributed by atoms with Crippen LogP contribution in [0.4, 0.5) is 19.0 Å². The van der Waals surface area contributed by atoms with Gasteiger partial charge in [-0.2, -0.15) is 13.2 Å². The average Bonchev–Trinajstić information content (AvgIpc) is 3.54. The van der Waals surface area contributed by atoms with Crippen molar-refractivity contribution in [2.75, 3.05) is 18.0 Å². The van der Waals surface area contributed by atoms with E-state index in [0.717, 1.165) is 41.3 Å². The smallest absolute Gasteiger partial charge is 0.346 e. The number of H-pyrrole nitrogens is 1. The third-order valence-electron chi connectivity index (χ3n) is 6.76. The Morgan fingerprint density at radius 3 is 2.44 bits per heavy atom. The minimum Gasteiger partial charge on any atom is -0.346 e. The number of carbonyl (C=O) groups excluding carboxylic acids is 2. The van der Waals surface area contributed by atoms with Crippen molar-refractivity contribution < 1.29 is 22.8 Å². The third-order valence-corrected chi connectivity index (χ3v) is 6.76. The lowest BCUT2D eigenvalue weighted by Gasteiger charge is -2.33. The molecule has 5 rings (SSSR count). The molecule has 1 N–H and O–H groups in total. The Kier molecular flexibility index (Phi) is 5.79. The molecule has 2 aromatic heterocycles. The Labute approximate surface area is 194 Å². The number of piperidine rings is 1. The highest BCUT2D eigenvalue weighted by atomic mass is 19.4. The highest BCUT2D eigenvalue weighted by molar-refractivity contribution is 5.96. The zero-order valence-corrected chi connectivity index (χ0v) is 18.5. The maximum absolute atomic E-state index is 12.9. The topological polar surface area (TPSA) is 69.3 Å². The Bertz CT molecular complexity index is 1190. The first-order chi connectivity index (χ1) is 16.3. The number of anilines is 1. The number of amides is 2. The third kappa shape index (κ3) is 4.51. The minimum absolute atomic E-state index is 0.0378. The number of hydrogen-bond donors (Lipinski definition) is 1. The Hall–Kier alpha value is -3.36. The van der Waals surface area contributed by atoms with Gasteiger partial charge in [-0.05, 0) is 54.5 Å². The van der Waals surface area contributed by atoms with E-state index in [1.165, 1.54) is 4.90 Å². The highest BCUT2D eigenvalue weighted by Crippen LogP contribution is 2.36. The molecule has 6 nitrogen and oxygen atoms in total. The predicted octanol–water partition coefficient (Wildman–Crippen LogP) is 4.70. The van der Waals surface area contributed by atoms with Gasteiger partial charge in [0.1, 0.15) is 11.5 Å². The second kappa shape index (κ2) is 8.77. The second-order valence-electron chi connectivity index (χ2n) is 9.08. The van der Waals surface area contributed by atoms with E-state index >= 15 is 0 Å². The number of aromatic nitrogens is 2. The fourth-order valence-electron chi connectivity index (χ4n) is 4.62.